The number of anilines is 1. The van der Waals surface area contributed by atoms with Crippen molar-refractivity contribution in [2.24, 2.45) is 17.6 Å². The summed E-state index contributed by atoms with van der Waals surface area (Å²) in [4.78, 5) is 4.36. The van der Waals surface area contributed by atoms with Crippen molar-refractivity contribution >= 4 is 21.7 Å². The Balaban J connectivity index is 1.91. The maximum atomic E-state index is 5.79. The van der Waals surface area contributed by atoms with Crippen molar-refractivity contribution < 1.29 is 0 Å². The highest BCUT2D eigenvalue weighted by Gasteiger charge is 2.25. The summed E-state index contributed by atoms with van der Waals surface area (Å²) < 4.78 is 1.06. The highest BCUT2D eigenvalue weighted by Crippen LogP contribution is 2.31. The summed E-state index contributed by atoms with van der Waals surface area (Å²) in [6.45, 7) is 3.89. The van der Waals surface area contributed by atoms with E-state index in [2.05, 4.69) is 39.2 Å². The number of nitrogens with two attached hydrogens (primary N) is 1. The number of hydrogen-bond acceptors (Lipinski definition) is 3. The highest BCUT2D eigenvalue weighted by atomic mass is 79.9. The summed E-state index contributed by atoms with van der Waals surface area (Å²) in [5.74, 6) is 2.37. The first-order chi connectivity index (χ1) is 8.20. The van der Waals surface area contributed by atoms with Crippen LogP contribution in [-0.4, -0.2) is 18.1 Å². The third-order valence-corrected chi connectivity index (χ3v) is 4.54. The van der Waals surface area contributed by atoms with Crippen molar-refractivity contribution in [3.05, 3.63) is 22.3 Å². The Morgan fingerprint density at radius 2 is 2.24 bits per heavy atom. The molecular weight excluding hydrogens is 278 g/mol. The van der Waals surface area contributed by atoms with Crippen LogP contribution < -0.4 is 11.1 Å². The summed E-state index contributed by atoms with van der Waals surface area (Å²) in [7, 11) is 0. The first kappa shape index (κ1) is 12.8. The molecule has 2 atom stereocenters. The van der Waals surface area contributed by atoms with E-state index in [1.807, 2.05) is 6.20 Å². The van der Waals surface area contributed by atoms with Gasteiger partial charge in [-0.1, -0.05) is 6.42 Å². The number of aromatic nitrogens is 1. The van der Waals surface area contributed by atoms with Gasteiger partial charge >= 0.3 is 0 Å². The van der Waals surface area contributed by atoms with Crippen LogP contribution in [0.15, 0.2) is 16.7 Å². The predicted octanol–water partition coefficient (Wildman–Crippen LogP) is 2.94. The fraction of sp³-hybridized carbons (Fsp3) is 0.615. The molecule has 3 nitrogen and oxygen atoms in total. The van der Waals surface area contributed by atoms with Gasteiger partial charge in [-0.05, 0) is 65.7 Å². The Morgan fingerprint density at radius 3 is 2.94 bits per heavy atom. The monoisotopic (exact) mass is 297 g/mol. The highest BCUT2D eigenvalue weighted by molar-refractivity contribution is 9.10. The Kier molecular flexibility index (Phi) is 4.40. The molecule has 3 N–H and O–H groups in total. The number of halogens is 1. The van der Waals surface area contributed by atoms with Crippen LogP contribution >= 0.6 is 15.9 Å². The first-order valence-corrected chi connectivity index (χ1v) is 7.06. The number of aryl methyl sites for hydroxylation is 1. The molecule has 0 amide bonds. The molecule has 2 rings (SSSR count). The van der Waals surface area contributed by atoms with E-state index in [-0.39, 0.29) is 0 Å². The molecule has 2 unspecified atom stereocenters. The van der Waals surface area contributed by atoms with Gasteiger partial charge in [0.1, 0.15) is 5.82 Å². The number of rotatable bonds is 4. The molecule has 0 radical (unpaired) electrons. The SMILES string of the molecule is Cc1cc(NCC2CCCC2CN)ncc1Br. The number of pyridine rings is 1. The second-order valence-electron chi connectivity index (χ2n) is 4.89. The van der Waals surface area contributed by atoms with Crippen molar-refractivity contribution in [3.8, 4) is 0 Å². The largest absolute Gasteiger partial charge is 0.370 e. The molecule has 0 bridgehead atoms. The molecule has 1 saturated carbocycles. The van der Waals surface area contributed by atoms with Crippen LogP contribution in [-0.2, 0) is 0 Å². The van der Waals surface area contributed by atoms with E-state index in [0.717, 1.165) is 23.4 Å². The zero-order valence-electron chi connectivity index (χ0n) is 10.2. The van der Waals surface area contributed by atoms with E-state index in [9.17, 15) is 0 Å². The van der Waals surface area contributed by atoms with Gasteiger partial charge in [-0.2, -0.15) is 0 Å². The molecule has 1 aromatic rings. The summed E-state index contributed by atoms with van der Waals surface area (Å²) in [5.41, 5.74) is 7.00. The number of hydrogen-bond donors (Lipinski definition) is 2. The maximum Gasteiger partial charge on any atom is 0.126 e. The van der Waals surface area contributed by atoms with E-state index in [0.29, 0.717) is 11.8 Å². The van der Waals surface area contributed by atoms with Gasteiger partial charge in [-0.15, -0.1) is 0 Å². The maximum absolute atomic E-state index is 5.79. The Hall–Kier alpha value is -0.610. The minimum atomic E-state index is 0.694. The molecule has 1 aliphatic rings. The van der Waals surface area contributed by atoms with Gasteiger partial charge in [0.25, 0.3) is 0 Å². The lowest BCUT2D eigenvalue weighted by molar-refractivity contribution is 0.414. The van der Waals surface area contributed by atoms with Crippen LogP contribution in [0.1, 0.15) is 24.8 Å². The molecule has 0 saturated heterocycles. The molecule has 0 aromatic carbocycles. The number of nitrogens with one attached hydrogen (secondary N) is 1. The third-order valence-electron chi connectivity index (χ3n) is 3.71. The molecule has 1 aromatic heterocycles. The summed E-state index contributed by atoms with van der Waals surface area (Å²) in [6.07, 6.45) is 5.76. The molecule has 94 valence electrons. The third kappa shape index (κ3) is 3.19. The van der Waals surface area contributed by atoms with E-state index in [4.69, 9.17) is 5.73 Å². The molecule has 0 spiro atoms. The second-order valence-corrected chi connectivity index (χ2v) is 5.74. The standard InChI is InChI=1S/C13H20BrN3/c1-9-5-13(17-8-12(9)14)16-7-11-4-2-3-10(11)6-15/h5,8,10-11H,2-4,6-7,15H2,1H3,(H,16,17). The molecule has 17 heavy (non-hydrogen) atoms. The van der Waals surface area contributed by atoms with Gasteiger partial charge in [0, 0.05) is 17.2 Å². The van der Waals surface area contributed by atoms with Crippen molar-refractivity contribution in [3.63, 3.8) is 0 Å². The quantitative estimate of drug-likeness (QED) is 0.898. The van der Waals surface area contributed by atoms with Crippen molar-refractivity contribution in [1.29, 1.82) is 0 Å². The Morgan fingerprint density at radius 1 is 1.47 bits per heavy atom. The molecule has 1 fully saturated rings. The van der Waals surface area contributed by atoms with Crippen LogP contribution in [0.25, 0.3) is 0 Å². The van der Waals surface area contributed by atoms with Gasteiger partial charge in [-0.3, -0.25) is 0 Å². The number of nitrogens with zero attached hydrogens (tertiary/aromatic N) is 1. The molecule has 4 heteroatoms. The summed E-state index contributed by atoms with van der Waals surface area (Å²) >= 11 is 3.46. The van der Waals surface area contributed by atoms with Gasteiger partial charge in [0.2, 0.25) is 0 Å². The fourth-order valence-electron chi connectivity index (χ4n) is 2.56. The van der Waals surface area contributed by atoms with Crippen LogP contribution in [0.3, 0.4) is 0 Å². The average molecular weight is 298 g/mol. The lowest BCUT2D eigenvalue weighted by atomic mass is 9.96. The van der Waals surface area contributed by atoms with E-state index < -0.39 is 0 Å². The van der Waals surface area contributed by atoms with Crippen LogP contribution in [0.2, 0.25) is 0 Å². The molecule has 1 aliphatic carbocycles. The van der Waals surface area contributed by atoms with Crippen LogP contribution in [0.4, 0.5) is 5.82 Å². The van der Waals surface area contributed by atoms with Gasteiger partial charge in [0.15, 0.2) is 0 Å². The lowest BCUT2D eigenvalue weighted by Crippen LogP contribution is -2.24. The lowest BCUT2D eigenvalue weighted by Gasteiger charge is -2.18. The zero-order chi connectivity index (χ0) is 12.3. The Bertz CT molecular complexity index is 381. The van der Waals surface area contributed by atoms with Crippen molar-refractivity contribution in [1.82, 2.24) is 4.98 Å². The van der Waals surface area contributed by atoms with Crippen molar-refractivity contribution in [2.45, 2.75) is 26.2 Å². The van der Waals surface area contributed by atoms with E-state index >= 15 is 0 Å². The van der Waals surface area contributed by atoms with Crippen LogP contribution in [0, 0.1) is 18.8 Å². The smallest absolute Gasteiger partial charge is 0.126 e. The minimum Gasteiger partial charge on any atom is -0.370 e. The predicted molar refractivity (Wildman–Crippen MR) is 75.0 cm³/mol. The fourth-order valence-corrected chi connectivity index (χ4v) is 2.78. The van der Waals surface area contributed by atoms with Crippen molar-refractivity contribution in [2.75, 3.05) is 18.4 Å². The second kappa shape index (κ2) is 5.83. The molecule has 0 aliphatic heterocycles. The van der Waals surface area contributed by atoms with Gasteiger partial charge in [0.05, 0.1) is 0 Å². The average Bonchev–Trinajstić information content (AvgIpc) is 2.78. The topological polar surface area (TPSA) is 50.9 Å². The van der Waals surface area contributed by atoms with E-state index in [1.54, 1.807) is 0 Å². The molecular formula is C13H20BrN3. The zero-order valence-corrected chi connectivity index (χ0v) is 11.8. The van der Waals surface area contributed by atoms with Gasteiger partial charge in [-0.25, -0.2) is 4.98 Å². The van der Waals surface area contributed by atoms with E-state index in [1.165, 1.54) is 24.8 Å². The summed E-state index contributed by atoms with van der Waals surface area (Å²) in [5, 5.41) is 3.43. The van der Waals surface area contributed by atoms with Crippen LogP contribution in [0.5, 0.6) is 0 Å². The minimum absolute atomic E-state index is 0.694. The normalized spacial score (nSPS) is 23.9. The Labute approximate surface area is 111 Å². The van der Waals surface area contributed by atoms with Gasteiger partial charge < -0.3 is 11.1 Å². The first-order valence-electron chi connectivity index (χ1n) is 6.26. The molecule has 1 heterocycles. The summed E-state index contributed by atoms with van der Waals surface area (Å²) in [6, 6.07) is 2.08.